The van der Waals surface area contributed by atoms with Crippen molar-refractivity contribution < 1.29 is 35.8 Å². The fourth-order valence-electron chi connectivity index (χ4n) is 4.64. The fraction of sp³-hybridized carbons (Fsp3) is 0.333. The number of halogens is 6. The van der Waals surface area contributed by atoms with E-state index in [0.717, 1.165) is 30.4 Å². The summed E-state index contributed by atoms with van der Waals surface area (Å²) in [5.41, 5.74) is 2.18. The molecule has 41 heavy (non-hydrogen) atoms. The molecule has 4 aromatic rings. The van der Waals surface area contributed by atoms with Crippen LogP contribution in [0.1, 0.15) is 48.4 Å². The second kappa shape index (κ2) is 13.8. The zero-order valence-corrected chi connectivity index (χ0v) is 22.8. The Bertz CT molecular complexity index is 1420. The molecule has 0 N–H and O–H groups in total. The lowest BCUT2D eigenvalue weighted by Crippen LogP contribution is -2.19. The van der Waals surface area contributed by atoms with Gasteiger partial charge in [0, 0.05) is 23.1 Å². The molecule has 0 atom stereocenters. The summed E-state index contributed by atoms with van der Waals surface area (Å²) in [5, 5.41) is 1.13. The van der Waals surface area contributed by atoms with E-state index >= 15 is 4.39 Å². The Morgan fingerprint density at radius 3 is 2.02 bits per heavy atom. The van der Waals surface area contributed by atoms with E-state index in [9.17, 15) is 22.0 Å². The molecule has 218 valence electrons. The van der Waals surface area contributed by atoms with Gasteiger partial charge in [0.2, 0.25) is 0 Å². The van der Waals surface area contributed by atoms with Gasteiger partial charge >= 0.3 is 6.18 Å². The van der Waals surface area contributed by atoms with Crippen molar-refractivity contribution >= 4 is 10.8 Å². The number of unbranched alkanes of at least 4 members (excludes halogenated alkanes) is 2. The highest BCUT2D eigenvalue weighted by Gasteiger charge is 2.28. The molecule has 0 aliphatic carbocycles. The molecule has 0 aromatic heterocycles. The first-order chi connectivity index (χ1) is 19.6. The van der Waals surface area contributed by atoms with Gasteiger partial charge in [-0.05, 0) is 66.3 Å². The van der Waals surface area contributed by atoms with Gasteiger partial charge in [-0.1, -0.05) is 62.2 Å². The van der Waals surface area contributed by atoms with Crippen LogP contribution in [0.25, 0.3) is 10.8 Å². The number of rotatable bonds is 13. The third-order valence-electron chi connectivity index (χ3n) is 6.90. The van der Waals surface area contributed by atoms with Crippen LogP contribution in [0.2, 0.25) is 0 Å². The minimum atomic E-state index is -4.40. The topological polar surface area (TPSA) is 18.5 Å². The molecule has 0 spiro atoms. The maximum atomic E-state index is 15.3. The second-order valence-corrected chi connectivity index (χ2v) is 10.1. The summed E-state index contributed by atoms with van der Waals surface area (Å²) >= 11 is 0. The van der Waals surface area contributed by atoms with Crippen molar-refractivity contribution in [2.24, 2.45) is 0 Å². The Balaban J connectivity index is 1.36. The highest BCUT2D eigenvalue weighted by Crippen LogP contribution is 2.27. The number of hydrogen-bond acceptors (Lipinski definition) is 2. The van der Waals surface area contributed by atoms with Gasteiger partial charge in [0.25, 0.3) is 0 Å². The predicted octanol–water partition coefficient (Wildman–Crippen LogP) is 9.34. The van der Waals surface area contributed by atoms with E-state index in [4.69, 9.17) is 9.47 Å². The van der Waals surface area contributed by atoms with Gasteiger partial charge in [0.05, 0.1) is 6.61 Å². The van der Waals surface area contributed by atoms with Crippen molar-refractivity contribution in [2.75, 3.05) is 13.2 Å². The molecular formula is C33H32F6O2. The molecule has 0 heterocycles. The van der Waals surface area contributed by atoms with E-state index in [1.807, 2.05) is 12.1 Å². The summed E-state index contributed by atoms with van der Waals surface area (Å²) in [7, 11) is 0. The van der Waals surface area contributed by atoms with E-state index < -0.39 is 24.4 Å². The summed E-state index contributed by atoms with van der Waals surface area (Å²) in [5.74, 6) is -1.33. The fourth-order valence-corrected chi connectivity index (χ4v) is 4.64. The zero-order valence-electron chi connectivity index (χ0n) is 22.8. The number of alkyl halides is 3. The summed E-state index contributed by atoms with van der Waals surface area (Å²) in [4.78, 5) is 0. The first kappa shape index (κ1) is 30.3. The van der Waals surface area contributed by atoms with Crippen LogP contribution < -0.4 is 9.47 Å². The molecule has 0 fully saturated rings. The smallest absolute Gasteiger partial charge is 0.422 e. The number of hydrogen-bond donors (Lipinski definition) is 0. The maximum Gasteiger partial charge on any atom is 0.422 e. The Hall–Kier alpha value is -3.68. The van der Waals surface area contributed by atoms with Crippen molar-refractivity contribution in [3.63, 3.8) is 0 Å². The third-order valence-corrected chi connectivity index (χ3v) is 6.90. The van der Waals surface area contributed by atoms with Gasteiger partial charge in [-0.2, -0.15) is 13.2 Å². The number of fused-ring (bicyclic) bond motifs is 1. The van der Waals surface area contributed by atoms with Crippen LogP contribution >= 0.6 is 0 Å². The maximum absolute atomic E-state index is 15.3. The molecule has 4 aromatic carbocycles. The van der Waals surface area contributed by atoms with Crippen LogP contribution in [-0.4, -0.2) is 19.4 Å². The summed E-state index contributed by atoms with van der Waals surface area (Å²) in [6, 6.07) is 17.5. The summed E-state index contributed by atoms with van der Waals surface area (Å²) in [6.45, 7) is 1.12. The highest BCUT2D eigenvalue weighted by molar-refractivity contribution is 5.84. The standard InChI is InChI=1S/C33H32F6O2/c1-2-3-4-17-40-27-19-30(34)29(31(35)20-27)16-9-23-8-15-28-25(18-23)12-11-24(32(28)36)10-5-22-6-13-26(14-7-22)41-21-33(37,38)39/h6-8,11-15,18-20H,2-5,9-10,16-17,21H2,1H3. The molecular weight excluding hydrogens is 542 g/mol. The Morgan fingerprint density at radius 1 is 0.659 bits per heavy atom. The van der Waals surface area contributed by atoms with Crippen LogP contribution in [0, 0.1) is 17.5 Å². The van der Waals surface area contributed by atoms with E-state index in [1.165, 1.54) is 24.3 Å². The number of ether oxygens (including phenoxy) is 2. The molecule has 0 saturated carbocycles. The highest BCUT2D eigenvalue weighted by atomic mass is 19.4. The van der Waals surface area contributed by atoms with Crippen LogP contribution in [-0.2, 0) is 25.7 Å². The van der Waals surface area contributed by atoms with E-state index in [0.29, 0.717) is 42.2 Å². The lowest BCUT2D eigenvalue weighted by atomic mass is 9.97. The predicted molar refractivity (Wildman–Crippen MR) is 148 cm³/mol. The Morgan fingerprint density at radius 2 is 1.34 bits per heavy atom. The molecule has 0 aliphatic rings. The SMILES string of the molecule is CCCCCOc1cc(F)c(CCc2ccc3c(F)c(CCc4ccc(OCC(F)(F)F)cc4)ccc3c2)c(F)c1. The number of aryl methyl sites for hydroxylation is 3. The molecule has 0 radical (unpaired) electrons. The lowest BCUT2D eigenvalue weighted by Gasteiger charge is -2.11. The number of benzene rings is 4. The monoisotopic (exact) mass is 574 g/mol. The molecule has 0 aliphatic heterocycles. The lowest BCUT2D eigenvalue weighted by molar-refractivity contribution is -0.153. The Labute approximate surface area is 235 Å². The molecule has 0 amide bonds. The van der Waals surface area contributed by atoms with Crippen LogP contribution in [0.4, 0.5) is 26.3 Å². The molecule has 0 unspecified atom stereocenters. The average molecular weight is 575 g/mol. The minimum absolute atomic E-state index is 0.00696. The quantitative estimate of drug-likeness (QED) is 0.117. The summed E-state index contributed by atoms with van der Waals surface area (Å²) in [6.07, 6.45) is -0.121. The largest absolute Gasteiger partial charge is 0.493 e. The van der Waals surface area contributed by atoms with E-state index in [2.05, 4.69) is 6.92 Å². The van der Waals surface area contributed by atoms with Crippen molar-refractivity contribution in [2.45, 2.75) is 58.0 Å². The van der Waals surface area contributed by atoms with Crippen molar-refractivity contribution in [3.05, 3.63) is 106 Å². The first-order valence-corrected chi connectivity index (χ1v) is 13.7. The van der Waals surface area contributed by atoms with E-state index in [1.54, 1.807) is 30.3 Å². The molecule has 4 rings (SSSR count). The Kier molecular flexibility index (Phi) is 10.2. The second-order valence-electron chi connectivity index (χ2n) is 10.1. The van der Waals surface area contributed by atoms with Crippen LogP contribution in [0.15, 0.2) is 66.7 Å². The van der Waals surface area contributed by atoms with Gasteiger partial charge in [0.1, 0.15) is 29.0 Å². The van der Waals surface area contributed by atoms with E-state index in [-0.39, 0.29) is 29.3 Å². The zero-order chi connectivity index (χ0) is 29.4. The normalized spacial score (nSPS) is 11.7. The molecule has 0 bridgehead atoms. The molecule has 2 nitrogen and oxygen atoms in total. The molecule has 8 heteroatoms. The van der Waals surface area contributed by atoms with Gasteiger partial charge in [-0.3, -0.25) is 0 Å². The third kappa shape index (κ3) is 8.65. The minimum Gasteiger partial charge on any atom is -0.493 e. The van der Waals surface area contributed by atoms with Crippen molar-refractivity contribution in [1.29, 1.82) is 0 Å². The van der Waals surface area contributed by atoms with Crippen molar-refractivity contribution in [1.82, 2.24) is 0 Å². The summed E-state index contributed by atoms with van der Waals surface area (Å²) < 4.78 is 91.6. The van der Waals surface area contributed by atoms with Crippen molar-refractivity contribution in [3.8, 4) is 11.5 Å². The van der Waals surface area contributed by atoms with Crippen LogP contribution in [0.5, 0.6) is 11.5 Å². The van der Waals surface area contributed by atoms with Gasteiger partial charge < -0.3 is 9.47 Å². The van der Waals surface area contributed by atoms with Gasteiger partial charge in [0.15, 0.2) is 6.61 Å². The van der Waals surface area contributed by atoms with Crippen LogP contribution in [0.3, 0.4) is 0 Å². The van der Waals surface area contributed by atoms with Gasteiger partial charge in [-0.25, -0.2) is 13.2 Å². The van der Waals surface area contributed by atoms with Gasteiger partial charge in [-0.15, -0.1) is 0 Å². The average Bonchev–Trinajstić information content (AvgIpc) is 2.93. The first-order valence-electron chi connectivity index (χ1n) is 13.7. The molecule has 0 saturated heterocycles.